The van der Waals surface area contributed by atoms with Crippen molar-refractivity contribution in [1.82, 2.24) is 9.80 Å². The molecular formula is C15H16N2O4. The molecule has 1 aliphatic rings. The predicted octanol–water partition coefficient (Wildman–Crippen LogP) is 1.86. The van der Waals surface area contributed by atoms with E-state index < -0.39 is 0 Å². The molecule has 2 aromatic rings. The Morgan fingerprint density at radius 3 is 2.19 bits per heavy atom. The van der Waals surface area contributed by atoms with E-state index in [0.717, 1.165) is 0 Å². The molecule has 0 radical (unpaired) electrons. The van der Waals surface area contributed by atoms with Gasteiger partial charge >= 0.3 is 0 Å². The normalized spacial score (nSPS) is 18.8. The molecule has 21 heavy (non-hydrogen) atoms. The lowest BCUT2D eigenvalue weighted by Gasteiger charge is -2.39. The molecule has 6 nitrogen and oxygen atoms in total. The van der Waals surface area contributed by atoms with Gasteiger partial charge in [0.1, 0.15) is 0 Å². The third-order valence-corrected chi connectivity index (χ3v) is 3.64. The Kier molecular flexibility index (Phi) is 3.51. The van der Waals surface area contributed by atoms with Crippen molar-refractivity contribution in [2.24, 2.45) is 0 Å². The van der Waals surface area contributed by atoms with Crippen LogP contribution in [0, 0.1) is 0 Å². The predicted molar refractivity (Wildman–Crippen MR) is 73.8 cm³/mol. The Bertz CT molecular complexity index is 618. The third-order valence-electron chi connectivity index (χ3n) is 3.64. The second kappa shape index (κ2) is 5.47. The fourth-order valence-corrected chi connectivity index (χ4v) is 2.54. The molecule has 2 aromatic heterocycles. The molecule has 110 valence electrons. The van der Waals surface area contributed by atoms with E-state index in [9.17, 15) is 9.59 Å². The van der Waals surface area contributed by atoms with Gasteiger partial charge in [-0.15, -0.1) is 0 Å². The molecule has 6 heteroatoms. The van der Waals surface area contributed by atoms with Gasteiger partial charge in [-0.1, -0.05) is 0 Å². The van der Waals surface area contributed by atoms with E-state index in [-0.39, 0.29) is 17.9 Å². The highest BCUT2D eigenvalue weighted by Crippen LogP contribution is 2.16. The van der Waals surface area contributed by atoms with E-state index in [4.69, 9.17) is 8.83 Å². The first-order valence-corrected chi connectivity index (χ1v) is 6.84. The van der Waals surface area contributed by atoms with Crippen LogP contribution in [0.1, 0.15) is 28.0 Å². The molecule has 0 aromatic carbocycles. The number of hydrogen-bond acceptors (Lipinski definition) is 4. The van der Waals surface area contributed by atoms with Crippen molar-refractivity contribution in [2.75, 3.05) is 19.6 Å². The SMILES string of the molecule is C[C@H]1CN(C(=O)c2ccco2)CCN1C(=O)c1ccco1. The lowest BCUT2D eigenvalue weighted by Crippen LogP contribution is -2.55. The molecule has 3 rings (SSSR count). The first kappa shape index (κ1) is 13.5. The molecule has 0 N–H and O–H groups in total. The van der Waals surface area contributed by atoms with Crippen LogP contribution in [0.4, 0.5) is 0 Å². The van der Waals surface area contributed by atoms with Gasteiger partial charge in [0.15, 0.2) is 11.5 Å². The van der Waals surface area contributed by atoms with Crippen molar-refractivity contribution in [2.45, 2.75) is 13.0 Å². The lowest BCUT2D eigenvalue weighted by atomic mass is 10.1. The highest BCUT2D eigenvalue weighted by atomic mass is 16.3. The third kappa shape index (κ3) is 2.56. The maximum atomic E-state index is 12.3. The smallest absolute Gasteiger partial charge is 0.289 e. The van der Waals surface area contributed by atoms with Gasteiger partial charge in [-0.2, -0.15) is 0 Å². The summed E-state index contributed by atoms with van der Waals surface area (Å²) in [6, 6.07) is 6.60. The summed E-state index contributed by atoms with van der Waals surface area (Å²) in [6.07, 6.45) is 2.96. The van der Waals surface area contributed by atoms with Crippen molar-refractivity contribution < 1.29 is 18.4 Å². The van der Waals surface area contributed by atoms with Gasteiger partial charge in [0, 0.05) is 25.7 Å². The van der Waals surface area contributed by atoms with Crippen LogP contribution in [-0.4, -0.2) is 47.3 Å². The number of nitrogens with zero attached hydrogens (tertiary/aromatic N) is 2. The Labute approximate surface area is 121 Å². The van der Waals surface area contributed by atoms with Gasteiger partial charge < -0.3 is 18.6 Å². The summed E-state index contributed by atoms with van der Waals surface area (Å²) in [5.74, 6) is 0.371. The summed E-state index contributed by atoms with van der Waals surface area (Å²) in [4.78, 5) is 27.9. The van der Waals surface area contributed by atoms with Crippen LogP contribution < -0.4 is 0 Å². The van der Waals surface area contributed by atoms with Gasteiger partial charge in [-0.3, -0.25) is 9.59 Å². The first-order valence-electron chi connectivity index (χ1n) is 6.84. The first-order chi connectivity index (χ1) is 10.2. The van der Waals surface area contributed by atoms with Gasteiger partial charge in [0.2, 0.25) is 0 Å². The number of furan rings is 2. The quantitative estimate of drug-likeness (QED) is 0.846. The number of amides is 2. The molecule has 1 saturated heterocycles. The van der Waals surface area contributed by atoms with Crippen molar-refractivity contribution in [3.63, 3.8) is 0 Å². The van der Waals surface area contributed by atoms with Crippen LogP contribution in [0.15, 0.2) is 45.6 Å². The summed E-state index contributed by atoms with van der Waals surface area (Å²) < 4.78 is 10.3. The molecule has 0 spiro atoms. The van der Waals surface area contributed by atoms with Crippen molar-refractivity contribution in [3.05, 3.63) is 48.3 Å². The van der Waals surface area contributed by atoms with Crippen LogP contribution in [0.3, 0.4) is 0 Å². The molecule has 0 bridgehead atoms. The number of hydrogen-bond donors (Lipinski definition) is 0. The molecule has 3 heterocycles. The minimum atomic E-state index is -0.142. The van der Waals surface area contributed by atoms with E-state index in [1.807, 2.05) is 6.92 Å². The molecule has 0 unspecified atom stereocenters. The fourth-order valence-electron chi connectivity index (χ4n) is 2.54. The summed E-state index contributed by atoms with van der Waals surface area (Å²) in [6.45, 7) is 3.36. The summed E-state index contributed by atoms with van der Waals surface area (Å²) in [7, 11) is 0. The standard InChI is InChI=1S/C15H16N2O4/c1-11-10-16(14(18)12-4-2-8-20-12)6-7-17(11)15(19)13-5-3-9-21-13/h2-5,8-9,11H,6-7,10H2,1H3/t11-/m0/s1. The minimum absolute atomic E-state index is 0.0738. The number of piperazine rings is 1. The monoisotopic (exact) mass is 288 g/mol. The van der Waals surface area contributed by atoms with Gasteiger partial charge in [0.25, 0.3) is 11.8 Å². The highest BCUT2D eigenvalue weighted by Gasteiger charge is 2.32. The van der Waals surface area contributed by atoms with Crippen LogP contribution in [-0.2, 0) is 0 Å². The summed E-state index contributed by atoms with van der Waals surface area (Å²) >= 11 is 0. The summed E-state index contributed by atoms with van der Waals surface area (Å²) in [5, 5.41) is 0. The van der Waals surface area contributed by atoms with Crippen molar-refractivity contribution in [3.8, 4) is 0 Å². The summed E-state index contributed by atoms with van der Waals surface area (Å²) in [5.41, 5.74) is 0. The maximum absolute atomic E-state index is 12.3. The van der Waals surface area contributed by atoms with E-state index in [0.29, 0.717) is 31.2 Å². The van der Waals surface area contributed by atoms with Gasteiger partial charge in [-0.25, -0.2) is 0 Å². The second-order valence-electron chi connectivity index (χ2n) is 5.05. The fraction of sp³-hybridized carbons (Fsp3) is 0.333. The van der Waals surface area contributed by atoms with Gasteiger partial charge in [0.05, 0.1) is 12.5 Å². The number of carbonyl (C=O) groups is 2. The van der Waals surface area contributed by atoms with Gasteiger partial charge in [-0.05, 0) is 31.2 Å². The molecule has 0 saturated carbocycles. The van der Waals surface area contributed by atoms with E-state index in [2.05, 4.69) is 0 Å². The van der Waals surface area contributed by atoms with E-state index in [1.54, 1.807) is 34.1 Å². The number of rotatable bonds is 2. The zero-order valence-electron chi connectivity index (χ0n) is 11.7. The van der Waals surface area contributed by atoms with E-state index >= 15 is 0 Å². The molecule has 1 fully saturated rings. The minimum Gasteiger partial charge on any atom is -0.459 e. The van der Waals surface area contributed by atoms with Crippen molar-refractivity contribution >= 4 is 11.8 Å². The Hall–Kier alpha value is -2.50. The zero-order chi connectivity index (χ0) is 14.8. The van der Waals surface area contributed by atoms with Crippen LogP contribution in [0.25, 0.3) is 0 Å². The Balaban J connectivity index is 1.67. The average molecular weight is 288 g/mol. The second-order valence-corrected chi connectivity index (χ2v) is 5.05. The maximum Gasteiger partial charge on any atom is 0.289 e. The van der Waals surface area contributed by atoms with Crippen LogP contribution in [0.5, 0.6) is 0 Å². The number of carbonyl (C=O) groups excluding carboxylic acids is 2. The molecular weight excluding hydrogens is 272 g/mol. The molecule has 1 atom stereocenters. The average Bonchev–Trinajstić information content (AvgIpc) is 3.18. The van der Waals surface area contributed by atoms with E-state index in [1.165, 1.54) is 12.5 Å². The lowest BCUT2D eigenvalue weighted by molar-refractivity contribution is 0.0381. The molecule has 1 aliphatic heterocycles. The van der Waals surface area contributed by atoms with Crippen LogP contribution in [0.2, 0.25) is 0 Å². The largest absolute Gasteiger partial charge is 0.459 e. The Morgan fingerprint density at radius 1 is 1.05 bits per heavy atom. The molecule has 2 amide bonds. The molecule has 0 aliphatic carbocycles. The zero-order valence-corrected chi connectivity index (χ0v) is 11.7. The van der Waals surface area contributed by atoms with Crippen LogP contribution >= 0.6 is 0 Å². The topological polar surface area (TPSA) is 66.9 Å². The highest BCUT2D eigenvalue weighted by molar-refractivity contribution is 5.93. The Morgan fingerprint density at radius 2 is 1.67 bits per heavy atom. The van der Waals surface area contributed by atoms with Crippen molar-refractivity contribution in [1.29, 1.82) is 0 Å².